The Balaban J connectivity index is 1.80. The molecule has 0 bridgehead atoms. The van der Waals surface area contributed by atoms with Crippen molar-refractivity contribution >= 4 is 5.91 Å². The molecule has 1 amide bonds. The van der Waals surface area contributed by atoms with Gasteiger partial charge in [-0.1, -0.05) is 6.92 Å². The van der Waals surface area contributed by atoms with Gasteiger partial charge < -0.3 is 10.1 Å². The molecule has 74 valence electrons. The molecule has 13 heavy (non-hydrogen) atoms. The van der Waals surface area contributed by atoms with Crippen LogP contribution in [0.15, 0.2) is 0 Å². The Hall–Kier alpha value is -0.570. The highest BCUT2D eigenvalue weighted by Gasteiger charge is 2.40. The van der Waals surface area contributed by atoms with Gasteiger partial charge in [0.25, 0.3) is 0 Å². The van der Waals surface area contributed by atoms with Gasteiger partial charge in [-0.25, -0.2) is 0 Å². The van der Waals surface area contributed by atoms with E-state index in [9.17, 15) is 4.79 Å². The molecule has 0 aromatic heterocycles. The molecule has 0 aromatic carbocycles. The summed E-state index contributed by atoms with van der Waals surface area (Å²) in [5, 5.41) is 3.06. The molecule has 0 aromatic rings. The van der Waals surface area contributed by atoms with E-state index < -0.39 is 0 Å². The van der Waals surface area contributed by atoms with Crippen molar-refractivity contribution in [2.24, 2.45) is 11.8 Å². The van der Waals surface area contributed by atoms with Crippen LogP contribution in [0.5, 0.6) is 0 Å². The van der Waals surface area contributed by atoms with Gasteiger partial charge in [0.15, 0.2) is 0 Å². The number of hydrogen-bond donors (Lipinski definition) is 1. The topological polar surface area (TPSA) is 38.3 Å². The smallest absolute Gasteiger partial charge is 0.223 e. The fourth-order valence-corrected chi connectivity index (χ4v) is 1.90. The van der Waals surface area contributed by atoms with Crippen molar-refractivity contribution in [2.45, 2.75) is 38.8 Å². The molecule has 1 N–H and O–H groups in total. The van der Waals surface area contributed by atoms with E-state index in [0.717, 1.165) is 19.4 Å². The van der Waals surface area contributed by atoms with Crippen LogP contribution in [0.25, 0.3) is 0 Å². The minimum atomic E-state index is 0.193. The Morgan fingerprint density at radius 1 is 1.46 bits per heavy atom. The molecule has 2 aliphatic rings. The lowest BCUT2D eigenvalue weighted by atomic mass is 10.1. The maximum atomic E-state index is 11.6. The van der Waals surface area contributed by atoms with Crippen LogP contribution >= 0.6 is 0 Å². The van der Waals surface area contributed by atoms with E-state index in [0.29, 0.717) is 5.92 Å². The maximum absolute atomic E-state index is 11.6. The van der Waals surface area contributed by atoms with E-state index in [1.165, 1.54) is 0 Å². The fourth-order valence-electron chi connectivity index (χ4n) is 1.90. The largest absolute Gasteiger partial charge is 0.376 e. The summed E-state index contributed by atoms with van der Waals surface area (Å²) in [6.07, 6.45) is 2.22. The van der Waals surface area contributed by atoms with Gasteiger partial charge in [0.2, 0.25) is 5.91 Å². The van der Waals surface area contributed by atoms with Crippen molar-refractivity contribution in [1.29, 1.82) is 0 Å². The fraction of sp³-hybridized carbons (Fsp3) is 0.900. The van der Waals surface area contributed by atoms with Crippen molar-refractivity contribution in [2.75, 3.05) is 6.61 Å². The zero-order valence-electron chi connectivity index (χ0n) is 8.25. The van der Waals surface area contributed by atoms with E-state index in [1.807, 2.05) is 6.92 Å². The lowest BCUT2D eigenvalue weighted by Gasteiger charge is -2.15. The summed E-state index contributed by atoms with van der Waals surface area (Å²) in [5.74, 6) is 1.11. The van der Waals surface area contributed by atoms with Crippen molar-refractivity contribution in [3.63, 3.8) is 0 Å². The Morgan fingerprint density at radius 2 is 2.15 bits per heavy atom. The molecule has 1 heterocycles. The van der Waals surface area contributed by atoms with E-state index in [4.69, 9.17) is 4.74 Å². The number of carbonyl (C=O) groups is 1. The van der Waals surface area contributed by atoms with Gasteiger partial charge in [0, 0.05) is 12.5 Å². The van der Waals surface area contributed by atoms with Crippen LogP contribution in [-0.2, 0) is 9.53 Å². The summed E-state index contributed by atoms with van der Waals surface area (Å²) >= 11 is 0. The second-order valence-corrected chi connectivity index (χ2v) is 4.30. The molecular formula is C10H17NO2. The molecule has 2 rings (SSSR count). The minimum Gasteiger partial charge on any atom is -0.376 e. The summed E-state index contributed by atoms with van der Waals surface area (Å²) in [5.41, 5.74) is 0. The third-order valence-electron chi connectivity index (χ3n) is 3.15. The van der Waals surface area contributed by atoms with Gasteiger partial charge in [0.05, 0.1) is 12.1 Å². The second-order valence-electron chi connectivity index (χ2n) is 4.30. The molecule has 1 aliphatic carbocycles. The first-order valence-electron chi connectivity index (χ1n) is 5.10. The molecule has 0 radical (unpaired) electrons. The number of amides is 1. The van der Waals surface area contributed by atoms with Gasteiger partial charge in [-0.3, -0.25) is 4.79 Å². The van der Waals surface area contributed by atoms with Gasteiger partial charge in [0.1, 0.15) is 0 Å². The maximum Gasteiger partial charge on any atom is 0.223 e. The quantitative estimate of drug-likeness (QED) is 0.691. The summed E-state index contributed by atoms with van der Waals surface area (Å²) in [6.45, 7) is 4.93. The van der Waals surface area contributed by atoms with Gasteiger partial charge >= 0.3 is 0 Å². The molecular weight excluding hydrogens is 166 g/mol. The molecule has 1 aliphatic heterocycles. The second kappa shape index (κ2) is 3.29. The van der Waals surface area contributed by atoms with E-state index in [1.54, 1.807) is 0 Å². The SMILES string of the molecule is CC1CC1C(=O)N[C@@H]1CCO[C@@H]1C. The van der Waals surface area contributed by atoms with Crippen LogP contribution < -0.4 is 5.32 Å². The van der Waals surface area contributed by atoms with E-state index >= 15 is 0 Å². The first-order chi connectivity index (χ1) is 6.18. The van der Waals surface area contributed by atoms with Crippen LogP contribution in [0.1, 0.15) is 26.7 Å². The molecule has 3 nitrogen and oxygen atoms in total. The summed E-state index contributed by atoms with van der Waals surface area (Å²) in [4.78, 5) is 11.6. The molecule has 2 unspecified atom stereocenters. The molecule has 4 atom stereocenters. The van der Waals surface area contributed by atoms with E-state index in [-0.39, 0.29) is 24.0 Å². The average molecular weight is 183 g/mol. The first-order valence-corrected chi connectivity index (χ1v) is 5.10. The average Bonchev–Trinajstić information content (AvgIpc) is 2.68. The molecule has 1 saturated heterocycles. The highest BCUT2D eigenvalue weighted by molar-refractivity contribution is 5.81. The Morgan fingerprint density at radius 3 is 2.62 bits per heavy atom. The first kappa shape index (κ1) is 9.00. The number of nitrogens with one attached hydrogen (secondary N) is 1. The third kappa shape index (κ3) is 1.85. The Kier molecular flexibility index (Phi) is 2.28. The summed E-state index contributed by atoms with van der Waals surface area (Å²) < 4.78 is 5.38. The Labute approximate surface area is 78.8 Å². The van der Waals surface area contributed by atoms with Crippen LogP contribution in [0.4, 0.5) is 0 Å². The van der Waals surface area contributed by atoms with Crippen LogP contribution in [0, 0.1) is 11.8 Å². The number of rotatable bonds is 2. The molecule has 0 spiro atoms. The predicted molar refractivity (Wildman–Crippen MR) is 49.2 cm³/mol. The van der Waals surface area contributed by atoms with E-state index in [2.05, 4.69) is 12.2 Å². The van der Waals surface area contributed by atoms with Crippen molar-refractivity contribution < 1.29 is 9.53 Å². The lowest BCUT2D eigenvalue weighted by Crippen LogP contribution is -2.40. The van der Waals surface area contributed by atoms with Crippen molar-refractivity contribution in [3.05, 3.63) is 0 Å². The standard InChI is InChI=1S/C10H17NO2/c1-6-5-8(6)10(12)11-9-3-4-13-7(9)2/h6-9H,3-5H2,1-2H3,(H,11,12)/t6?,7-,8?,9-/m1/s1. The van der Waals surface area contributed by atoms with Crippen molar-refractivity contribution in [1.82, 2.24) is 5.32 Å². The van der Waals surface area contributed by atoms with Gasteiger partial charge in [-0.05, 0) is 25.7 Å². The molecule has 3 heteroatoms. The molecule has 2 fully saturated rings. The molecule has 1 saturated carbocycles. The third-order valence-corrected chi connectivity index (χ3v) is 3.15. The lowest BCUT2D eigenvalue weighted by molar-refractivity contribution is -0.123. The van der Waals surface area contributed by atoms with Crippen LogP contribution in [0.2, 0.25) is 0 Å². The summed E-state index contributed by atoms with van der Waals surface area (Å²) in [7, 11) is 0. The monoisotopic (exact) mass is 183 g/mol. The zero-order chi connectivity index (χ0) is 9.42. The number of carbonyl (C=O) groups excluding carboxylic acids is 1. The Bertz CT molecular complexity index is 217. The highest BCUT2D eigenvalue weighted by atomic mass is 16.5. The predicted octanol–water partition coefficient (Wildman–Crippen LogP) is 0.936. The van der Waals surface area contributed by atoms with Crippen LogP contribution in [0.3, 0.4) is 0 Å². The van der Waals surface area contributed by atoms with Crippen molar-refractivity contribution in [3.8, 4) is 0 Å². The number of hydrogen-bond acceptors (Lipinski definition) is 2. The normalized spacial score (nSPS) is 43.2. The zero-order valence-corrected chi connectivity index (χ0v) is 8.25. The summed E-state index contributed by atoms with van der Waals surface area (Å²) in [6, 6.07) is 0.250. The minimum absolute atomic E-state index is 0.193. The van der Waals surface area contributed by atoms with Gasteiger partial charge in [-0.15, -0.1) is 0 Å². The highest BCUT2D eigenvalue weighted by Crippen LogP contribution is 2.37. The van der Waals surface area contributed by atoms with Gasteiger partial charge in [-0.2, -0.15) is 0 Å². The number of ether oxygens (including phenoxy) is 1. The van der Waals surface area contributed by atoms with Crippen LogP contribution in [-0.4, -0.2) is 24.7 Å².